The van der Waals surface area contributed by atoms with Crippen molar-refractivity contribution in [3.8, 4) is 0 Å². The lowest BCUT2D eigenvalue weighted by molar-refractivity contribution is -0.114. The number of benzene rings is 1. The van der Waals surface area contributed by atoms with E-state index in [1.54, 1.807) is 0 Å². The molecule has 0 fully saturated rings. The molecule has 1 rings (SSSR count). The molecule has 0 bridgehead atoms. The normalized spacial score (nSPS) is 12.5. The molecular weight excluding hydrogens is 214 g/mol. The Morgan fingerprint density at radius 2 is 2.00 bits per heavy atom. The second-order valence-electron chi connectivity index (χ2n) is 4.38. The van der Waals surface area contributed by atoms with Crippen molar-refractivity contribution in [1.29, 1.82) is 0 Å². The summed E-state index contributed by atoms with van der Waals surface area (Å²) < 4.78 is 0. The van der Waals surface area contributed by atoms with Gasteiger partial charge in [0.2, 0.25) is 5.91 Å². The molecule has 17 heavy (non-hydrogen) atoms. The van der Waals surface area contributed by atoms with Crippen LogP contribution < -0.4 is 11.1 Å². The fraction of sp³-hybridized carbons (Fsp3) is 0.462. The third-order valence-electron chi connectivity index (χ3n) is 2.80. The van der Waals surface area contributed by atoms with Gasteiger partial charge < -0.3 is 11.1 Å². The lowest BCUT2D eigenvalue weighted by Crippen LogP contribution is -2.34. The lowest BCUT2D eigenvalue weighted by atomic mass is 10.1. The Morgan fingerprint density at radius 3 is 2.47 bits per heavy atom. The van der Waals surface area contributed by atoms with Gasteiger partial charge in [0.25, 0.3) is 0 Å². The van der Waals surface area contributed by atoms with E-state index in [2.05, 4.69) is 24.2 Å². The molecule has 1 atom stereocenters. The molecule has 0 heterocycles. The molecule has 0 aliphatic rings. The minimum atomic E-state index is -0.0494. The Hall–Kier alpha value is -1.39. The first kappa shape index (κ1) is 13.7. The highest BCUT2D eigenvalue weighted by atomic mass is 16.1. The SMILES string of the molecule is CC(=O)Nc1ccc(CN(C)[C@@H](C)CN)cc1. The van der Waals surface area contributed by atoms with E-state index in [0.717, 1.165) is 12.2 Å². The topological polar surface area (TPSA) is 58.4 Å². The van der Waals surface area contributed by atoms with Gasteiger partial charge in [-0.25, -0.2) is 0 Å². The molecule has 1 aromatic carbocycles. The number of nitrogens with one attached hydrogen (secondary N) is 1. The number of amides is 1. The van der Waals surface area contributed by atoms with Crippen molar-refractivity contribution in [2.45, 2.75) is 26.4 Å². The molecule has 94 valence electrons. The zero-order valence-electron chi connectivity index (χ0n) is 10.7. The van der Waals surface area contributed by atoms with Crippen molar-refractivity contribution in [2.24, 2.45) is 5.73 Å². The van der Waals surface area contributed by atoms with Crippen LogP contribution >= 0.6 is 0 Å². The highest BCUT2D eigenvalue weighted by molar-refractivity contribution is 5.88. The fourth-order valence-corrected chi connectivity index (χ4v) is 1.52. The summed E-state index contributed by atoms with van der Waals surface area (Å²) in [6.45, 7) is 5.12. The van der Waals surface area contributed by atoms with E-state index < -0.39 is 0 Å². The molecule has 0 spiro atoms. The second kappa shape index (κ2) is 6.37. The van der Waals surface area contributed by atoms with Gasteiger partial charge in [-0.3, -0.25) is 9.69 Å². The molecule has 0 radical (unpaired) electrons. The van der Waals surface area contributed by atoms with Gasteiger partial charge in [0.1, 0.15) is 0 Å². The quantitative estimate of drug-likeness (QED) is 0.811. The highest BCUT2D eigenvalue weighted by Crippen LogP contribution is 2.11. The molecule has 1 aromatic rings. The molecule has 1 amide bonds. The van der Waals surface area contributed by atoms with E-state index in [4.69, 9.17) is 5.73 Å². The average molecular weight is 235 g/mol. The predicted octanol–water partition coefficient (Wildman–Crippen LogP) is 1.42. The molecule has 4 nitrogen and oxygen atoms in total. The van der Waals surface area contributed by atoms with Crippen LogP contribution in [0.3, 0.4) is 0 Å². The van der Waals surface area contributed by atoms with Crippen molar-refractivity contribution in [1.82, 2.24) is 4.90 Å². The first-order valence-corrected chi connectivity index (χ1v) is 5.79. The van der Waals surface area contributed by atoms with E-state index in [1.807, 2.05) is 24.3 Å². The summed E-state index contributed by atoms with van der Waals surface area (Å²) in [7, 11) is 2.05. The van der Waals surface area contributed by atoms with Gasteiger partial charge in [-0.05, 0) is 31.7 Å². The van der Waals surface area contributed by atoms with Crippen LogP contribution in [0.1, 0.15) is 19.4 Å². The zero-order valence-corrected chi connectivity index (χ0v) is 10.7. The first-order chi connectivity index (χ1) is 8.02. The van der Waals surface area contributed by atoms with E-state index in [-0.39, 0.29) is 5.91 Å². The fourth-order valence-electron chi connectivity index (χ4n) is 1.52. The predicted molar refractivity (Wildman–Crippen MR) is 70.7 cm³/mol. The number of rotatable bonds is 5. The summed E-state index contributed by atoms with van der Waals surface area (Å²) in [5.41, 5.74) is 7.66. The molecule has 0 saturated heterocycles. The van der Waals surface area contributed by atoms with Crippen molar-refractivity contribution in [3.05, 3.63) is 29.8 Å². The summed E-state index contributed by atoms with van der Waals surface area (Å²) in [6, 6.07) is 8.23. The maximum Gasteiger partial charge on any atom is 0.221 e. The molecular formula is C13H21N3O. The van der Waals surface area contributed by atoms with E-state index in [9.17, 15) is 4.79 Å². The number of hydrogen-bond acceptors (Lipinski definition) is 3. The van der Waals surface area contributed by atoms with Crippen molar-refractivity contribution < 1.29 is 4.79 Å². The van der Waals surface area contributed by atoms with Gasteiger partial charge in [0, 0.05) is 31.7 Å². The summed E-state index contributed by atoms with van der Waals surface area (Å²) in [5.74, 6) is -0.0494. The highest BCUT2D eigenvalue weighted by Gasteiger charge is 2.07. The first-order valence-electron chi connectivity index (χ1n) is 5.79. The van der Waals surface area contributed by atoms with Gasteiger partial charge in [-0.15, -0.1) is 0 Å². The molecule has 0 aliphatic carbocycles. The Labute approximate surface area is 103 Å². The number of hydrogen-bond donors (Lipinski definition) is 2. The van der Waals surface area contributed by atoms with Crippen LogP contribution in [0.5, 0.6) is 0 Å². The summed E-state index contributed by atoms with van der Waals surface area (Å²) in [4.78, 5) is 13.1. The molecule has 0 unspecified atom stereocenters. The third kappa shape index (κ3) is 4.54. The molecule has 0 aliphatic heterocycles. The monoisotopic (exact) mass is 235 g/mol. The third-order valence-corrected chi connectivity index (χ3v) is 2.80. The van der Waals surface area contributed by atoms with E-state index >= 15 is 0 Å². The van der Waals surface area contributed by atoms with Crippen LogP contribution in [0.15, 0.2) is 24.3 Å². The maximum absolute atomic E-state index is 10.9. The van der Waals surface area contributed by atoms with E-state index in [0.29, 0.717) is 12.6 Å². The number of carbonyl (C=O) groups is 1. The van der Waals surface area contributed by atoms with Crippen LogP contribution in [0.25, 0.3) is 0 Å². The largest absolute Gasteiger partial charge is 0.329 e. The number of likely N-dealkylation sites (N-methyl/N-ethyl adjacent to an activating group) is 1. The van der Waals surface area contributed by atoms with Gasteiger partial charge >= 0.3 is 0 Å². The Morgan fingerprint density at radius 1 is 1.41 bits per heavy atom. The zero-order chi connectivity index (χ0) is 12.8. The van der Waals surface area contributed by atoms with E-state index in [1.165, 1.54) is 12.5 Å². The van der Waals surface area contributed by atoms with Gasteiger partial charge in [0.15, 0.2) is 0 Å². The summed E-state index contributed by atoms with van der Waals surface area (Å²) >= 11 is 0. The van der Waals surface area contributed by atoms with Crippen LogP contribution in [0.2, 0.25) is 0 Å². The van der Waals surface area contributed by atoms with Crippen molar-refractivity contribution in [3.63, 3.8) is 0 Å². The van der Waals surface area contributed by atoms with Gasteiger partial charge in [-0.1, -0.05) is 12.1 Å². The average Bonchev–Trinajstić information content (AvgIpc) is 2.30. The molecule has 4 heteroatoms. The molecule has 0 aromatic heterocycles. The minimum Gasteiger partial charge on any atom is -0.329 e. The maximum atomic E-state index is 10.9. The Bertz CT molecular complexity index is 361. The summed E-state index contributed by atoms with van der Waals surface area (Å²) in [5, 5.41) is 2.75. The second-order valence-corrected chi connectivity index (χ2v) is 4.38. The standard InChI is InChI=1S/C13H21N3O/c1-10(8-14)16(3)9-12-4-6-13(7-5-12)15-11(2)17/h4-7,10H,8-9,14H2,1-3H3,(H,15,17)/t10-/m0/s1. The van der Waals surface area contributed by atoms with Crippen molar-refractivity contribution in [2.75, 3.05) is 18.9 Å². The Kier molecular flexibility index (Phi) is 5.12. The number of nitrogens with zero attached hydrogens (tertiary/aromatic N) is 1. The van der Waals surface area contributed by atoms with Crippen LogP contribution in [-0.2, 0) is 11.3 Å². The summed E-state index contributed by atoms with van der Waals surface area (Å²) in [6.07, 6.45) is 0. The van der Waals surface area contributed by atoms with Crippen molar-refractivity contribution >= 4 is 11.6 Å². The van der Waals surface area contributed by atoms with Gasteiger partial charge in [0.05, 0.1) is 0 Å². The van der Waals surface area contributed by atoms with Crippen LogP contribution in [0.4, 0.5) is 5.69 Å². The number of anilines is 1. The molecule has 0 saturated carbocycles. The smallest absolute Gasteiger partial charge is 0.221 e. The van der Waals surface area contributed by atoms with Crippen LogP contribution in [0, 0.1) is 0 Å². The number of carbonyl (C=O) groups excluding carboxylic acids is 1. The minimum absolute atomic E-state index is 0.0494. The Balaban J connectivity index is 2.59. The molecule has 3 N–H and O–H groups in total. The lowest BCUT2D eigenvalue weighted by Gasteiger charge is -2.23. The number of nitrogens with two attached hydrogens (primary N) is 1. The van der Waals surface area contributed by atoms with Crippen LogP contribution in [-0.4, -0.2) is 30.4 Å². The van der Waals surface area contributed by atoms with Gasteiger partial charge in [-0.2, -0.15) is 0 Å².